The van der Waals surface area contributed by atoms with E-state index in [1.165, 1.54) is 0 Å². The largest absolute Gasteiger partial charge is 0.489 e. The van der Waals surface area contributed by atoms with Gasteiger partial charge in [-0.2, -0.15) is 0 Å². The van der Waals surface area contributed by atoms with Gasteiger partial charge < -0.3 is 20.1 Å². The molecule has 1 aromatic carbocycles. The number of carbonyl (C=O) groups excluding carboxylic acids is 1. The molecule has 2 rings (SSSR count). The van der Waals surface area contributed by atoms with E-state index in [1.807, 2.05) is 19.1 Å². The molecular formula is C15H21ClN2O3. The molecule has 1 fully saturated rings. The van der Waals surface area contributed by atoms with E-state index >= 15 is 0 Å². The van der Waals surface area contributed by atoms with Crippen LogP contribution in [0.4, 0.5) is 4.79 Å². The van der Waals surface area contributed by atoms with E-state index in [4.69, 9.17) is 21.4 Å². The Morgan fingerprint density at radius 1 is 1.57 bits per heavy atom. The number of carbonyl (C=O) groups is 1. The zero-order valence-electron chi connectivity index (χ0n) is 12.1. The Kier molecular flexibility index (Phi) is 5.70. The van der Waals surface area contributed by atoms with Gasteiger partial charge in [-0.05, 0) is 38.0 Å². The lowest BCUT2D eigenvalue weighted by Gasteiger charge is -2.23. The number of hydrogen-bond acceptors (Lipinski definition) is 3. The Balaban J connectivity index is 1.77. The SMILES string of the molecule is CC(CNC(=O)N(CCO)C1CC1)Oc1cccc(Cl)c1. The first-order chi connectivity index (χ1) is 10.1. The lowest BCUT2D eigenvalue weighted by molar-refractivity contribution is 0.165. The topological polar surface area (TPSA) is 61.8 Å². The van der Waals surface area contributed by atoms with Crippen molar-refractivity contribution in [3.05, 3.63) is 29.3 Å². The number of nitrogens with one attached hydrogen (secondary N) is 1. The summed E-state index contributed by atoms with van der Waals surface area (Å²) in [6.45, 7) is 2.65. The molecule has 1 aliphatic carbocycles. The van der Waals surface area contributed by atoms with Crippen molar-refractivity contribution >= 4 is 17.6 Å². The molecule has 1 atom stereocenters. The maximum atomic E-state index is 12.1. The Morgan fingerprint density at radius 2 is 2.33 bits per heavy atom. The number of ether oxygens (including phenoxy) is 1. The monoisotopic (exact) mass is 312 g/mol. The fourth-order valence-corrected chi connectivity index (χ4v) is 2.27. The highest BCUT2D eigenvalue weighted by Gasteiger charge is 2.32. The molecule has 0 spiro atoms. The van der Waals surface area contributed by atoms with Crippen molar-refractivity contribution in [3.8, 4) is 5.75 Å². The molecule has 0 heterocycles. The third-order valence-corrected chi connectivity index (χ3v) is 3.50. The number of aliphatic hydroxyl groups is 1. The predicted molar refractivity (Wildman–Crippen MR) is 81.8 cm³/mol. The summed E-state index contributed by atoms with van der Waals surface area (Å²) in [4.78, 5) is 13.7. The molecule has 21 heavy (non-hydrogen) atoms. The van der Waals surface area contributed by atoms with Gasteiger partial charge in [-0.1, -0.05) is 17.7 Å². The number of urea groups is 1. The molecule has 1 unspecified atom stereocenters. The van der Waals surface area contributed by atoms with Gasteiger partial charge in [-0.15, -0.1) is 0 Å². The first-order valence-corrected chi connectivity index (χ1v) is 7.55. The average Bonchev–Trinajstić information content (AvgIpc) is 3.26. The predicted octanol–water partition coefficient (Wildman–Crippen LogP) is 2.27. The molecule has 0 saturated heterocycles. The molecule has 116 valence electrons. The summed E-state index contributed by atoms with van der Waals surface area (Å²) in [5, 5.41) is 12.5. The standard InChI is InChI=1S/C15H21ClN2O3/c1-11(21-14-4-2-3-12(16)9-14)10-17-15(20)18(7-8-19)13-5-6-13/h2-4,9,11,13,19H,5-8,10H2,1H3,(H,17,20). The smallest absolute Gasteiger partial charge is 0.317 e. The summed E-state index contributed by atoms with van der Waals surface area (Å²) in [5.74, 6) is 0.679. The van der Waals surface area contributed by atoms with Crippen LogP contribution >= 0.6 is 11.6 Å². The molecule has 0 aromatic heterocycles. The lowest BCUT2D eigenvalue weighted by Crippen LogP contribution is -2.45. The summed E-state index contributed by atoms with van der Waals surface area (Å²) >= 11 is 5.89. The Bertz CT molecular complexity index is 480. The number of hydrogen-bond donors (Lipinski definition) is 2. The summed E-state index contributed by atoms with van der Waals surface area (Å²) in [7, 11) is 0. The van der Waals surface area contributed by atoms with E-state index in [9.17, 15) is 4.79 Å². The van der Waals surface area contributed by atoms with E-state index in [2.05, 4.69) is 5.32 Å². The van der Waals surface area contributed by atoms with Gasteiger partial charge >= 0.3 is 6.03 Å². The van der Waals surface area contributed by atoms with E-state index in [0.29, 0.717) is 23.9 Å². The van der Waals surface area contributed by atoms with Gasteiger partial charge in [0.15, 0.2) is 0 Å². The minimum absolute atomic E-state index is 0.0154. The van der Waals surface area contributed by atoms with Gasteiger partial charge in [0.1, 0.15) is 11.9 Å². The van der Waals surface area contributed by atoms with Crippen LogP contribution in [0.5, 0.6) is 5.75 Å². The van der Waals surface area contributed by atoms with Crippen LogP contribution < -0.4 is 10.1 Å². The molecule has 2 N–H and O–H groups in total. The van der Waals surface area contributed by atoms with Crippen LogP contribution in [-0.4, -0.2) is 47.9 Å². The molecule has 0 radical (unpaired) electrons. The maximum Gasteiger partial charge on any atom is 0.317 e. The average molecular weight is 313 g/mol. The van der Waals surface area contributed by atoms with Gasteiger partial charge in [0.05, 0.1) is 13.2 Å². The van der Waals surface area contributed by atoms with Crippen molar-refractivity contribution in [1.82, 2.24) is 10.2 Å². The number of nitrogens with zero attached hydrogens (tertiary/aromatic N) is 1. The molecule has 1 saturated carbocycles. The Morgan fingerprint density at radius 3 is 2.95 bits per heavy atom. The quantitative estimate of drug-likeness (QED) is 0.812. The highest BCUT2D eigenvalue weighted by molar-refractivity contribution is 6.30. The minimum Gasteiger partial charge on any atom is -0.489 e. The van der Waals surface area contributed by atoms with Crippen molar-refractivity contribution < 1.29 is 14.6 Å². The first-order valence-electron chi connectivity index (χ1n) is 7.17. The number of amides is 2. The highest BCUT2D eigenvalue weighted by Crippen LogP contribution is 2.26. The number of aliphatic hydroxyl groups excluding tert-OH is 1. The van der Waals surface area contributed by atoms with Crippen molar-refractivity contribution in [3.63, 3.8) is 0 Å². The molecule has 1 aliphatic rings. The normalized spacial score (nSPS) is 15.4. The molecular weight excluding hydrogens is 292 g/mol. The van der Waals surface area contributed by atoms with Gasteiger partial charge in [0.25, 0.3) is 0 Å². The summed E-state index contributed by atoms with van der Waals surface area (Å²) in [5.41, 5.74) is 0. The van der Waals surface area contributed by atoms with Crippen molar-refractivity contribution in [2.24, 2.45) is 0 Å². The van der Waals surface area contributed by atoms with Gasteiger partial charge in [0.2, 0.25) is 0 Å². The fourth-order valence-electron chi connectivity index (χ4n) is 2.09. The first kappa shape index (κ1) is 15.9. The molecule has 2 amide bonds. The van der Waals surface area contributed by atoms with Gasteiger partial charge in [0, 0.05) is 17.6 Å². The lowest BCUT2D eigenvalue weighted by atomic mass is 10.3. The molecule has 0 aliphatic heterocycles. The zero-order valence-corrected chi connectivity index (χ0v) is 12.8. The van der Waals surface area contributed by atoms with E-state index in [-0.39, 0.29) is 24.8 Å². The second kappa shape index (κ2) is 7.52. The van der Waals surface area contributed by atoms with Crippen LogP contribution in [0, 0.1) is 0 Å². The Hall–Kier alpha value is -1.46. The molecule has 5 nitrogen and oxygen atoms in total. The van der Waals surface area contributed by atoms with Crippen LogP contribution in [0.15, 0.2) is 24.3 Å². The van der Waals surface area contributed by atoms with Crippen LogP contribution in [0.1, 0.15) is 19.8 Å². The second-order valence-electron chi connectivity index (χ2n) is 5.22. The zero-order chi connectivity index (χ0) is 15.2. The van der Waals surface area contributed by atoms with Crippen LogP contribution in [-0.2, 0) is 0 Å². The third kappa shape index (κ3) is 5.10. The minimum atomic E-state index is -0.164. The van der Waals surface area contributed by atoms with E-state index in [1.54, 1.807) is 17.0 Å². The van der Waals surface area contributed by atoms with Crippen LogP contribution in [0.3, 0.4) is 0 Å². The van der Waals surface area contributed by atoms with E-state index in [0.717, 1.165) is 12.8 Å². The highest BCUT2D eigenvalue weighted by atomic mass is 35.5. The molecule has 0 bridgehead atoms. The van der Waals surface area contributed by atoms with Crippen molar-refractivity contribution in [2.45, 2.75) is 31.9 Å². The van der Waals surface area contributed by atoms with Gasteiger partial charge in [-0.25, -0.2) is 4.79 Å². The molecule has 1 aromatic rings. The van der Waals surface area contributed by atoms with Crippen LogP contribution in [0.2, 0.25) is 5.02 Å². The third-order valence-electron chi connectivity index (χ3n) is 3.26. The summed E-state index contributed by atoms with van der Waals surface area (Å²) in [6, 6.07) is 7.30. The fraction of sp³-hybridized carbons (Fsp3) is 0.533. The van der Waals surface area contributed by atoms with Crippen LogP contribution in [0.25, 0.3) is 0 Å². The number of rotatable bonds is 7. The summed E-state index contributed by atoms with van der Waals surface area (Å²) in [6.07, 6.45) is 1.87. The number of halogens is 1. The molecule has 6 heteroatoms. The van der Waals surface area contributed by atoms with Crippen molar-refractivity contribution in [1.29, 1.82) is 0 Å². The second-order valence-corrected chi connectivity index (χ2v) is 5.66. The van der Waals surface area contributed by atoms with Crippen molar-refractivity contribution in [2.75, 3.05) is 19.7 Å². The van der Waals surface area contributed by atoms with E-state index < -0.39 is 0 Å². The Labute approximate surface area is 129 Å². The number of benzene rings is 1. The summed E-state index contributed by atoms with van der Waals surface area (Å²) < 4.78 is 5.69. The van der Waals surface area contributed by atoms with Gasteiger partial charge in [-0.3, -0.25) is 0 Å². The maximum absolute atomic E-state index is 12.1.